The molecule has 1 N–H and O–H groups in total. The average molecular weight is 578 g/mol. The van der Waals surface area contributed by atoms with E-state index in [1.54, 1.807) is 36.2 Å². The van der Waals surface area contributed by atoms with Crippen LogP contribution in [0.5, 0.6) is 0 Å². The summed E-state index contributed by atoms with van der Waals surface area (Å²) in [6.07, 6.45) is 1.62. The van der Waals surface area contributed by atoms with Gasteiger partial charge in [0.05, 0.1) is 12.0 Å². The summed E-state index contributed by atoms with van der Waals surface area (Å²) in [4.78, 5) is 27.2. The molecule has 4 aromatic rings. The number of thioether (sulfide) groups is 1. The molecule has 1 atom stereocenters. The van der Waals surface area contributed by atoms with Gasteiger partial charge in [0.1, 0.15) is 5.37 Å². The normalized spacial score (nSPS) is 15.3. The van der Waals surface area contributed by atoms with Crippen LogP contribution in [0.2, 0.25) is 10.0 Å². The minimum absolute atomic E-state index is 0.0857. The third kappa shape index (κ3) is 6.06. The van der Waals surface area contributed by atoms with Crippen molar-refractivity contribution in [2.24, 2.45) is 5.10 Å². The Morgan fingerprint density at radius 1 is 1.03 bits per heavy atom. The largest absolute Gasteiger partial charge is 0.322 e. The molecule has 1 aliphatic heterocycles. The van der Waals surface area contributed by atoms with Crippen LogP contribution in [0.15, 0.2) is 84.0 Å². The molecule has 6 nitrogen and oxygen atoms in total. The fourth-order valence-electron chi connectivity index (χ4n) is 4.69. The molecule has 0 radical (unpaired) electrons. The van der Waals surface area contributed by atoms with Gasteiger partial charge in [0.25, 0.3) is 5.91 Å². The van der Waals surface area contributed by atoms with Crippen molar-refractivity contribution >= 4 is 53.0 Å². The Morgan fingerprint density at radius 3 is 2.41 bits per heavy atom. The predicted molar refractivity (Wildman–Crippen MR) is 159 cm³/mol. The smallest absolute Gasteiger partial charge is 0.271 e. The summed E-state index contributed by atoms with van der Waals surface area (Å²) in [6, 6.07) is 24.6. The van der Waals surface area contributed by atoms with Crippen LogP contribution < -0.4 is 5.43 Å². The first-order valence-corrected chi connectivity index (χ1v) is 14.1. The molecule has 5 rings (SSSR count). The van der Waals surface area contributed by atoms with Gasteiger partial charge >= 0.3 is 0 Å². The van der Waals surface area contributed by atoms with Crippen LogP contribution in [0.25, 0.3) is 5.69 Å². The lowest BCUT2D eigenvalue weighted by molar-refractivity contribution is -0.128. The molecule has 1 saturated heterocycles. The first-order valence-electron chi connectivity index (χ1n) is 12.3. The van der Waals surface area contributed by atoms with E-state index in [2.05, 4.69) is 10.5 Å². The number of rotatable bonds is 7. The molecule has 2 heterocycles. The highest BCUT2D eigenvalue weighted by Crippen LogP contribution is 2.39. The maximum absolute atomic E-state index is 12.7. The summed E-state index contributed by atoms with van der Waals surface area (Å²) in [6.45, 7) is 4.51. The maximum Gasteiger partial charge on any atom is 0.271 e. The Bertz CT molecular complexity index is 1530. The number of carbonyl (C=O) groups is 2. The van der Waals surface area contributed by atoms with Gasteiger partial charge in [-0.05, 0) is 61.4 Å². The van der Waals surface area contributed by atoms with Gasteiger partial charge in [0.15, 0.2) is 0 Å². The Labute approximate surface area is 241 Å². The summed E-state index contributed by atoms with van der Waals surface area (Å²) < 4.78 is 2.03. The Balaban J connectivity index is 1.25. The fraction of sp³-hybridized carbons (Fsp3) is 0.167. The second kappa shape index (κ2) is 11.7. The van der Waals surface area contributed by atoms with E-state index >= 15 is 0 Å². The number of benzene rings is 3. The molecule has 1 fully saturated rings. The molecule has 9 heteroatoms. The molecule has 0 aliphatic carbocycles. The lowest BCUT2D eigenvalue weighted by Crippen LogP contribution is -2.27. The third-order valence-electron chi connectivity index (χ3n) is 6.57. The van der Waals surface area contributed by atoms with Crippen molar-refractivity contribution in [3.63, 3.8) is 0 Å². The molecule has 39 heavy (non-hydrogen) atoms. The molecular weight excluding hydrogens is 551 g/mol. The maximum atomic E-state index is 12.7. The quantitative estimate of drug-likeness (QED) is 0.191. The molecule has 2 amide bonds. The average Bonchev–Trinajstić information content (AvgIpc) is 3.41. The van der Waals surface area contributed by atoms with Gasteiger partial charge in [-0.15, -0.1) is 11.8 Å². The standard InChI is InChI=1S/C30H26Cl2N4O2S/c1-19-12-24(20(2)36(19)27-14-25(31)13-26(32)15-27)16-33-34-29(38)22-8-10-23(11-9-22)30-35(28(37)18-39-30)17-21-6-4-3-5-7-21/h3-16,30H,17-18H2,1-2H3,(H,34,38)/b33-16-/t30-/m0/s1. The minimum Gasteiger partial charge on any atom is -0.322 e. The van der Waals surface area contributed by atoms with Crippen molar-refractivity contribution in [2.75, 3.05) is 5.75 Å². The van der Waals surface area contributed by atoms with Crippen LogP contribution in [0, 0.1) is 13.8 Å². The molecule has 198 valence electrons. The molecule has 1 aliphatic rings. The highest BCUT2D eigenvalue weighted by molar-refractivity contribution is 8.00. The van der Waals surface area contributed by atoms with E-state index in [1.165, 1.54) is 0 Å². The van der Waals surface area contributed by atoms with Gasteiger partial charge in [-0.2, -0.15) is 5.10 Å². The first kappa shape index (κ1) is 27.1. The number of carbonyl (C=O) groups excluding carboxylic acids is 2. The van der Waals surface area contributed by atoms with E-state index in [4.69, 9.17) is 23.2 Å². The molecule has 0 bridgehead atoms. The second-order valence-electron chi connectivity index (χ2n) is 9.28. The second-order valence-corrected chi connectivity index (χ2v) is 11.2. The number of amides is 2. The van der Waals surface area contributed by atoms with Gasteiger partial charge in [-0.3, -0.25) is 9.59 Å². The van der Waals surface area contributed by atoms with Crippen molar-refractivity contribution in [1.29, 1.82) is 0 Å². The van der Waals surface area contributed by atoms with Gasteiger partial charge in [-0.1, -0.05) is 65.7 Å². The van der Waals surface area contributed by atoms with Crippen LogP contribution in [-0.2, 0) is 11.3 Å². The molecule has 0 saturated carbocycles. The summed E-state index contributed by atoms with van der Waals surface area (Å²) in [5.41, 5.74) is 8.81. The zero-order chi connectivity index (χ0) is 27.5. The number of hydrogen-bond acceptors (Lipinski definition) is 4. The zero-order valence-electron chi connectivity index (χ0n) is 21.4. The Morgan fingerprint density at radius 2 is 1.72 bits per heavy atom. The number of hydrogen-bond donors (Lipinski definition) is 1. The molecule has 3 aromatic carbocycles. The number of aromatic nitrogens is 1. The van der Waals surface area contributed by atoms with Crippen molar-refractivity contribution in [3.8, 4) is 5.69 Å². The van der Waals surface area contributed by atoms with Gasteiger partial charge in [0.2, 0.25) is 5.91 Å². The van der Waals surface area contributed by atoms with E-state index in [-0.39, 0.29) is 17.2 Å². The first-order chi connectivity index (χ1) is 18.8. The molecular formula is C30H26Cl2N4O2S. The van der Waals surface area contributed by atoms with Gasteiger partial charge in [0, 0.05) is 44.8 Å². The Hall–Kier alpha value is -3.52. The number of aryl methyl sites for hydroxylation is 1. The zero-order valence-corrected chi connectivity index (χ0v) is 23.7. The monoisotopic (exact) mass is 576 g/mol. The van der Waals surface area contributed by atoms with Crippen LogP contribution in [0.1, 0.15) is 43.8 Å². The van der Waals surface area contributed by atoms with Crippen molar-refractivity contribution in [1.82, 2.24) is 14.9 Å². The van der Waals surface area contributed by atoms with Gasteiger partial charge in [-0.25, -0.2) is 5.43 Å². The van der Waals surface area contributed by atoms with E-state index in [1.807, 2.05) is 84.0 Å². The highest BCUT2D eigenvalue weighted by Gasteiger charge is 2.32. The van der Waals surface area contributed by atoms with Crippen LogP contribution in [-0.4, -0.2) is 33.2 Å². The fourth-order valence-corrected chi connectivity index (χ4v) is 6.39. The summed E-state index contributed by atoms with van der Waals surface area (Å²) in [5.74, 6) is 0.242. The summed E-state index contributed by atoms with van der Waals surface area (Å²) in [5, 5.41) is 5.21. The number of nitrogens with one attached hydrogen (secondary N) is 1. The molecule has 0 unspecified atom stereocenters. The topological polar surface area (TPSA) is 66.7 Å². The van der Waals surface area contributed by atoms with Gasteiger partial charge < -0.3 is 9.47 Å². The number of nitrogens with zero attached hydrogens (tertiary/aromatic N) is 3. The van der Waals surface area contributed by atoms with E-state index in [0.29, 0.717) is 27.9 Å². The van der Waals surface area contributed by atoms with E-state index in [0.717, 1.165) is 33.8 Å². The van der Waals surface area contributed by atoms with Crippen LogP contribution >= 0.6 is 35.0 Å². The van der Waals surface area contributed by atoms with E-state index in [9.17, 15) is 9.59 Å². The lowest BCUT2D eigenvalue weighted by Gasteiger charge is -2.24. The van der Waals surface area contributed by atoms with Crippen LogP contribution in [0.4, 0.5) is 0 Å². The van der Waals surface area contributed by atoms with Crippen molar-refractivity contribution < 1.29 is 9.59 Å². The number of halogens is 2. The third-order valence-corrected chi connectivity index (χ3v) is 8.26. The van der Waals surface area contributed by atoms with Crippen molar-refractivity contribution in [2.45, 2.75) is 25.8 Å². The summed E-state index contributed by atoms with van der Waals surface area (Å²) in [7, 11) is 0. The molecule has 0 spiro atoms. The lowest BCUT2D eigenvalue weighted by atomic mass is 10.1. The SMILES string of the molecule is Cc1cc(/C=N\NC(=O)c2ccc([C@@H]3SCC(=O)N3Cc3ccccc3)cc2)c(C)n1-c1cc(Cl)cc(Cl)c1. The van der Waals surface area contributed by atoms with E-state index < -0.39 is 0 Å². The Kier molecular flexibility index (Phi) is 8.12. The predicted octanol–water partition coefficient (Wildman–Crippen LogP) is 6.94. The number of hydrazone groups is 1. The van der Waals surface area contributed by atoms with Crippen molar-refractivity contribution in [3.05, 3.63) is 123 Å². The minimum atomic E-state index is -0.315. The molecule has 1 aromatic heterocycles. The summed E-state index contributed by atoms with van der Waals surface area (Å²) >= 11 is 14.0. The highest BCUT2D eigenvalue weighted by atomic mass is 35.5. The van der Waals surface area contributed by atoms with Crippen LogP contribution in [0.3, 0.4) is 0 Å².